The fourth-order valence-electron chi connectivity index (χ4n) is 1.95. The number of rotatable bonds is 8. The van der Waals surface area contributed by atoms with Gasteiger partial charge in [0.15, 0.2) is 0 Å². The highest BCUT2D eigenvalue weighted by Crippen LogP contribution is 2.26. The third-order valence-corrected chi connectivity index (χ3v) is 4.13. The molecule has 0 saturated heterocycles. The molecule has 18 heavy (non-hydrogen) atoms. The van der Waals surface area contributed by atoms with Crippen molar-refractivity contribution in [3.63, 3.8) is 0 Å². The fourth-order valence-corrected chi connectivity index (χ4v) is 3.05. The van der Waals surface area contributed by atoms with Crippen molar-refractivity contribution in [1.82, 2.24) is 5.32 Å². The van der Waals surface area contributed by atoms with E-state index in [1.165, 1.54) is 17.7 Å². The maximum absolute atomic E-state index is 5.25. The average Bonchev–Trinajstić information content (AvgIpc) is 2.36. The van der Waals surface area contributed by atoms with Gasteiger partial charge in [-0.2, -0.15) is 11.8 Å². The van der Waals surface area contributed by atoms with E-state index in [1.807, 2.05) is 17.8 Å². The first-order valence-corrected chi connectivity index (χ1v) is 8.44. The standard InChI is InChI=1S/C14H22BrNOS/c1-4-16-12(7-8-18-3)9-11-5-6-14(17-2)13(15)10-11/h5-6,10,12,16H,4,7-9H2,1-3H3. The molecule has 0 aliphatic heterocycles. The van der Waals surface area contributed by atoms with E-state index >= 15 is 0 Å². The van der Waals surface area contributed by atoms with Crippen LogP contribution in [-0.4, -0.2) is 31.7 Å². The normalized spacial score (nSPS) is 12.4. The number of benzene rings is 1. The van der Waals surface area contributed by atoms with Gasteiger partial charge in [-0.3, -0.25) is 0 Å². The quantitative estimate of drug-likeness (QED) is 0.784. The van der Waals surface area contributed by atoms with Crippen molar-refractivity contribution in [2.45, 2.75) is 25.8 Å². The topological polar surface area (TPSA) is 21.3 Å². The molecule has 0 amide bonds. The van der Waals surface area contributed by atoms with Gasteiger partial charge in [-0.15, -0.1) is 0 Å². The van der Waals surface area contributed by atoms with Crippen LogP contribution in [0.1, 0.15) is 18.9 Å². The van der Waals surface area contributed by atoms with E-state index in [2.05, 4.69) is 46.6 Å². The van der Waals surface area contributed by atoms with Gasteiger partial charge >= 0.3 is 0 Å². The van der Waals surface area contributed by atoms with Crippen LogP contribution in [0.3, 0.4) is 0 Å². The minimum absolute atomic E-state index is 0.558. The highest BCUT2D eigenvalue weighted by atomic mass is 79.9. The summed E-state index contributed by atoms with van der Waals surface area (Å²) in [5, 5.41) is 3.55. The van der Waals surface area contributed by atoms with Gasteiger partial charge in [-0.25, -0.2) is 0 Å². The van der Waals surface area contributed by atoms with Crippen LogP contribution in [0.4, 0.5) is 0 Å². The molecule has 0 spiro atoms. The Morgan fingerprint density at radius 3 is 2.78 bits per heavy atom. The van der Waals surface area contributed by atoms with Gasteiger partial charge in [0.05, 0.1) is 11.6 Å². The number of hydrogen-bond acceptors (Lipinski definition) is 3. The molecule has 1 N–H and O–H groups in total. The van der Waals surface area contributed by atoms with Gasteiger partial charge in [-0.1, -0.05) is 13.0 Å². The lowest BCUT2D eigenvalue weighted by Crippen LogP contribution is -2.31. The third kappa shape index (κ3) is 5.21. The minimum Gasteiger partial charge on any atom is -0.496 e. The van der Waals surface area contributed by atoms with E-state index in [0.29, 0.717) is 6.04 Å². The molecule has 1 aromatic carbocycles. The van der Waals surface area contributed by atoms with Crippen molar-refractivity contribution >= 4 is 27.7 Å². The molecule has 0 saturated carbocycles. The fraction of sp³-hybridized carbons (Fsp3) is 0.571. The first-order valence-electron chi connectivity index (χ1n) is 6.26. The van der Waals surface area contributed by atoms with Crippen molar-refractivity contribution in [3.05, 3.63) is 28.2 Å². The summed E-state index contributed by atoms with van der Waals surface area (Å²) in [6.07, 6.45) is 4.43. The Balaban J connectivity index is 2.64. The molecule has 4 heteroatoms. The third-order valence-electron chi connectivity index (χ3n) is 2.86. The van der Waals surface area contributed by atoms with Crippen molar-refractivity contribution in [3.8, 4) is 5.75 Å². The van der Waals surface area contributed by atoms with Crippen LogP contribution in [0.5, 0.6) is 5.75 Å². The summed E-state index contributed by atoms with van der Waals surface area (Å²) in [6.45, 7) is 3.19. The molecule has 1 atom stereocenters. The molecule has 102 valence electrons. The van der Waals surface area contributed by atoms with E-state index in [4.69, 9.17) is 4.74 Å². The molecule has 0 aliphatic carbocycles. The van der Waals surface area contributed by atoms with Crippen LogP contribution >= 0.6 is 27.7 Å². The van der Waals surface area contributed by atoms with Gasteiger partial charge in [-0.05, 0) is 65.0 Å². The highest BCUT2D eigenvalue weighted by Gasteiger charge is 2.09. The second kappa shape index (κ2) is 8.83. The Labute approximate surface area is 123 Å². The second-order valence-corrected chi connectivity index (χ2v) is 6.05. The molecular weight excluding hydrogens is 310 g/mol. The maximum atomic E-state index is 5.25. The number of hydrogen-bond donors (Lipinski definition) is 1. The number of thioether (sulfide) groups is 1. The van der Waals surface area contributed by atoms with E-state index in [9.17, 15) is 0 Å². The monoisotopic (exact) mass is 331 g/mol. The molecule has 1 rings (SSSR count). The summed E-state index contributed by atoms with van der Waals surface area (Å²) >= 11 is 5.45. The summed E-state index contributed by atoms with van der Waals surface area (Å²) in [4.78, 5) is 0. The summed E-state index contributed by atoms with van der Waals surface area (Å²) in [5.41, 5.74) is 1.34. The maximum Gasteiger partial charge on any atom is 0.133 e. The summed E-state index contributed by atoms with van der Waals surface area (Å²) in [5.74, 6) is 2.09. The van der Waals surface area contributed by atoms with Crippen molar-refractivity contribution in [2.24, 2.45) is 0 Å². The van der Waals surface area contributed by atoms with Crippen LogP contribution in [-0.2, 0) is 6.42 Å². The first-order chi connectivity index (χ1) is 8.71. The van der Waals surface area contributed by atoms with E-state index in [0.717, 1.165) is 23.2 Å². The van der Waals surface area contributed by atoms with Crippen LogP contribution < -0.4 is 10.1 Å². The number of likely N-dealkylation sites (N-methyl/N-ethyl adjacent to an activating group) is 1. The van der Waals surface area contributed by atoms with Crippen LogP contribution in [0.2, 0.25) is 0 Å². The molecule has 0 fully saturated rings. The number of nitrogens with one attached hydrogen (secondary N) is 1. The van der Waals surface area contributed by atoms with Gasteiger partial charge < -0.3 is 10.1 Å². The second-order valence-electron chi connectivity index (χ2n) is 4.21. The SMILES string of the molecule is CCNC(CCSC)Cc1ccc(OC)c(Br)c1. The Hall–Kier alpha value is -0.190. The molecule has 1 aromatic rings. The smallest absolute Gasteiger partial charge is 0.133 e. The number of halogens is 1. The van der Waals surface area contributed by atoms with Gasteiger partial charge in [0.1, 0.15) is 5.75 Å². The zero-order chi connectivity index (χ0) is 13.4. The van der Waals surface area contributed by atoms with Gasteiger partial charge in [0.2, 0.25) is 0 Å². The number of methoxy groups -OCH3 is 1. The van der Waals surface area contributed by atoms with Crippen molar-refractivity contribution in [1.29, 1.82) is 0 Å². The summed E-state index contributed by atoms with van der Waals surface area (Å²) < 4.78 is 6.28. The Kier molecular flexibility index (Phi) is 7.79. The summed E-state index contributed by atoms with van der Waals surface area (Å²) in [7, 11) is 1.69. The molecule has 2 nitrogen and oxygen atoms in total. The summed E-state index contributed by atoms with van der Waals surface area (Å²) in [6, 6.07) is 6.88. The highest BCUT2D eigenvalue weighted by molar-refractivity contribution is 9.10. The Morgan fingerprint density at radius 1 is 1.44 bits per heavy atom. The molecule has 0 bridgehead atoms. The molecule has 1 unspecified atom stereocenters. The number of ether oxygens (including phenoxy) is 1. The zero-order valence-electron chi connectivity index (χ0n) is 11.3. The Morgan fingerprint density at radius 2 is 2.22 bits per heavy atom. The molecule has 0 heterocycles. The van der Waals surface area contributed by atoms with Crippen molar-refractivity contribution in [2.75, 3.05) is 25.7 Å². The molecule has 0 aromatic heterocycles. The van der Waals surface area contributed by atoms with E-state index < -0.39 is 0 Å². The Bertz CT molecular complexity index is 360. The van der Waals surface area contributed by atoms with Crippen LogP contribution in [0.15, 0.2) is 22.7 Å². The predicted molar refractivity (Wildman–Crippen MR) is 84.9 cm³/mol. The molecule has 0 radical (unpaired) electrons. The lowest BCUT2D eigenvalue weighted by molar-refractivity contribution is 0.411. The average molecular weight is 332 g/mol. The van der Waals surface area contributed by atoms with Crippen LogP contribution in [0.25, 0.3) is 0 Å². The van der Waals surface area contributed by atoms with Gasteiger partial charge in [0.25, 0.3) is 0 Å². The van der Waals surface area contributed by atoms with Crippen molar-refractivity contribution < 1.29 is 4.74 Å². The predicted octanol–water partition coefficient (Wildman–Crippen LogP) is 3.73. The lowest BCUT2D eigenvalue weighted by atomic mass is 10.0. The lowest BCUT2D eigenvalue weighted by Gasteiger charge is -2.18. The van der Waals surface area contributed by atoms with Gasteiger partial charge in [0, 0.05) is 6.04 Å². The van der Waals surface area contributed by atoms with E-state index in [-0.39, 0.29) is 0 Å². The zero-order valence-corrected chi connectivity index (χ0v) is 13.7. The molecular formula is C14H22BrNOS. The van der Waals surface area contributed by atoms with E-state index in [1.54, 1.807) is 7.11 Å². The largest absolute Gasteiger partial charge is 0.496 e. The van der Waals surface area contributed by atoms with Crippen LogP contribution in [0, 0.1) is 0 Å². The first kappa shape index (κ1) is 15.9. The minimum atomic E-state index is 0.558. The molecule has 0 aliphatic rings.